The number of nitrogens with one attached hydrogen (secondary N) is 1. The standard InChI is InChI=1S/C33H43N3O7/c1-4-12-21(3)35-18-11-7-10-15-26(38)42-20-24(22-13-8-6-9-14-22)34-30(39)27-25-16-17-33(43-25)28(27)31(40)36(23(5-2)19-37)29(33)32(35)41/h6-9,11,13-14,16-17,21,23-25,27-29,37H,4-5,10,12,15,18-20H2,1-3H3,(H,34,39)/b11-7-/t21?,23-,24-,25-,27+,28+,29-,33+/m0/s1. The fourth-order valence-electron chi connectivity index (χ4n) is 7.14. The molecule has 0 aliphatic carbocycles. The van der Waals surface area contributed by atoms with Crippen LogP contribution in [0.3, 0.4) is 0 Å². The fourth-order valence-corrected chi connectivity index (χ4v) is 7.14. The number of hydrogen-bond donors (Lipinski definition) is 2. The number of benzene rings is 1. The average Bonchev–Trinajstić information content (AvgIpc) is 3.65. The lowest BCUT2D eigenvalue weighted by Gasteiger charge is -2.40. The minimum absolute atomic E-state index is 0.0614. The molecule has 4 heterocycles. The maximum atomic E-state index is 14.6. The summed E-state index contributed by atoms with van der Waals surface area (Å²) in [7, 11) is 0. The van der Waals surface area contributed by atoms with Crippen LogP contribution < -0.4 is 5.32 Å². The highest BCUT2D eigenvalue weighted by molar-refractivity contribution is 6.00. The summed E-state index contributed by atoms with van der Waals surface area (Å²) in [6.07, 6.45) is 9.27. The number of aliphatic hydroxyl groups excluding tert-OH is 1. The number of carbonyl (C=O) groups excluding carboxylic acids is 4. The van der Waals surface area contributed by atoms with Gasteiger partial charge in [-0.15, -0.1) is 0 Å². The van der Waals surface area contributed by atoms with E-state index >= 15 is 0 Å². The molecule has 1 unspecified atom stereocenters. The molecule has 4 aliphatic heterocycles. The highest BCUT2D eigenvalue weighted by atomic mass is 16.5. The Morgan fingerprint density at radius 2 is 1.86 bits per heavy atom. The zero-order valence-electron chi connectivity index (χ0n) is 25.2. The van der Waals surface area contributed by atoms with Gasteiger partial charge in [-0.2, -0.15) is 0 Å². The Balaban J connectivity index is 1.59. The Kier molecular flexibility index (Phi) is 9.36. The zero-order chi connectivity index (χ0) is 30.7. The van der Waals surface area contributed by atoms with E-state index in [-0.39, 0.29) is 50.0 Å². The zero-order valence-corrected chi connectivity index (χ0v) is 25.2. The number of fused-ring (bicyclic) bond motifs is 2. The van der Waals surface area contributed by atoms with Crippen molar-refractivity contribution in [2.75, 3.05) is 19.8 Å². The molecule has 8 atom stereocenters. The largest absolute Gasteiger partial charge is 0.463 e. The van der Waals surface area contributed by atoms with E-state index in [9.17, 15) is 24.3 Å². The lowest BCUT2D eigenvalue weighted by atomic mass is 9.74. The summed E-state index contributed by atoms with van der Waals surface area (Å²) >= 11 is 0. The molecule has 4 aliphatic rings. The highest BCUT2D eigenvalue weighted by Gasteiger charge is 2.73. The number of aliphatic hydroxyl groups is 1. The van der Waals surface area contributed by atoms with Crippen molar-refractivity contribution in [3.63, 3.8) is 0 Å². The predicted octanol–water partition coefficient (Wildman–Crippen LogP) is 2.68. The molecule has 43 heavy (non-hydrogen) atoms. The predicted molar refractivity (Wildman–Crippen MR) is 158 cm³/mol. The number of rotatable bonds is 7. The van der Waals surface area contributed by atoms with Crippen molar-refractivity contribution in [3.05, 3.63) is 60.2 Å². The number of cyclic esters (lactones) is 1. The van der Waals surface area contributed by atoms with Gasteiger partial charge in [-0.05, 0) is 31.7 Å². The van der Waals surface area contributed by atoms with Crippen molar-refractivity contribution in [1.29, 1.82) is 0 Å². The minimum atomic E-state index is -1.33. The van der Waals surface area contributed by atoms with E-state index in [1.54, 1.807) is 17.1 Å². The van der Waals surface area contributed by atoms with Crippen LogP contribution in [0.4, 0.5) is 0 Å². The second kappa shape index (κ2) is 13.0. The molecule has 1 aromatic carbocycles. The van der Waals surface area contributed by atoms with Crippen LogP contribution in [0.25, 0.3) is 0 Å². The smallest absolute Gasteiger partial charge is 0.306 e. The normalized spacial score (nSPS) is 33.3. The number of nitrogens with zero attached hydrogens (tertiary/aromatic N) is 2. The third-order valence-corrected chi connectivity index (χ3v) is 9.36. The molecule has 1 aromatic rings. The summed E-state index contributed by atoms with van der Waals surface area (Å²) in [6, 6.07) is 6.82. The Morgan fingerprint density at radius 3 is 2.56 bits per heavy atom. The van der Waals surface area contributed by atoms with Crippen LogP contribution in [-0.2, 0) is 28.7 Å². The molecule has 10 heteroatoms. The number of esters is 1. The van der Waals surface area contributed by atoms with Crippen LogP contribution in [0.2, 0.25) is 0 Å². The molecule has 5 bridgehead atoms. The van der Waals surface area contributed by atoms with Gasteiger partial charge in [-0.25, -0.2) is 0 Å². The van der Waals surface area contributed by atoms with E-state index in [1.165, 1.54) is 4.90 Å². The van der Waals surface area contributed by atoms with Gasteiger partial charge in [0.05, 0.1) is 36.6 Å². The van der Waals surface area contributed by atoms with Gasteiger partial charge in [0.1, 0.15) is 18.2 Å². The first-order valence-electron chi connectivity index (χ1n) is 15.5. The number of allylic oxidation sites excluding steroid dienone is 1. The molecule has 3 amide bonds. The first-order valence-corrected chi connectivity index (χ1v) is 15.5. The molecule has 1 spiro atoms. The van der Waals surface area contributed by atoms with E-state index < -0.39 is 47.6 Å². The Labute approximate surface area is 253 Å². The van der Waals surface area contributed by atoms with E-state index in [2.05, 4.69) is 12.2 Å². The van der Waals surface area contributed by atoms with Gasteiger partial charge < -0.3 is 29.7 Å². The molecule has 2 saturated heterocycles. The van der Waals surface area contributed by atoms with Gasteiger partial charge in [-0.3, -0.25) is 19.2 Å². The molecular formula is C33H43N3O7. The molecule has 0 aromatic heterocycles. The Bertz CT molecular complexity index is 1260. The van der Waals surface area contributed by atoms with Crippen molar-refractivity contribution >= 4 is 23.7 Å². The van der Waals surface area contributed by atoms with E-state index in [1.807, 2.05) is 56.3 Å². The van der Waals surface area contributed by atoms with Crippen LogP contribution in [0.5, 0.6) is 0 Å². The Hall–Kier alpha value is -3.50. The fraction of sp³-hybridized carbons (Fsp3) is 0.576. The third-order valence-electron chi connectivity index (χ3n) is 9.36. The van der Waals surface area contributed by atoms with Crippen molar-refractivity contribution in [2.24, 2.45) is 11.8 Å². The average molecular weight is 594 g/mol. The summed E-state index contributed by atoms with van der Waals surface area (Å²) in [6.45, 7) is 5.81. The van der Waals surface area contributed by atoms with E-state index in [4.69, 9.17) is 9.47 Å². The van der Waals surface area contributed by atoms with Crippen LogP contribution >= 0.6 is 0 Å². The van der Waals surface area contributed by atoms with Crippen molar-refractivity contribution in [2.45, 2.75) is 88.7 Å². The molecule has 0 radical (unpaired) electrons. The SMILES string of the molecule is CCCC(C)N1C/C=C\CCC(=O)OC[C@@H](c2ccccc2)NC(=O)[C@@H]2[C@@H]3C=C[C@]4(O3)[C@H](C1=O)N([C@@H](CC)CO)C(=O)[C@@H]24. The van der Waals surface area contributed by atoms with Gasteiger partial charge in [0.25, 0.3) is 0 Å². The second-order valence-corrected chi connectivity index (χ2v) is 12.0. The van der Waals surface area contributed by atoms with Gasteiger partial charge in [0, 0.05) is 19.0 Å². The minimum Gasteiger partial charge on any atom is -0.463 e. The molecule has 232 valence electrons. The molecule has 5 rings (SSSR count). The third kappa shape index (κ3) is 5.62. The number of amides is 3. The topological polar surface area (TPSA) is 125 Å². The maximum Gasteiger partial charge on any atom is 0.306 e. The van der Waals surface area contributed by atoms with Crippen molar-refractivity contribution in [3.8, 4) is 0 Å². The quantitative estimate of drug-likeness (QED) is 0.368. The van der Waals surface area contributed by atoms with Gasteiger partial charge in [-0.1, -0.05) is 74.9 Å². The Morgan fingerprint density at radius 1 is 1.09 bits per heavy atom. The second-order valence-electron chi connectivity index (χ2n) is 12.0. The summed E-state index contributed by atoms with van der Waals surface area (Å²) in [4.78, 5) is 58.9. The molecular weight excluding hydrogens is 550 g/mol. The highest BCUT2D eigenvalue weighted by Crippen LogP contribution is 2.56. The van der Waals surface area contributed by atoms with Crippen molar-refractivity contribution in [1.82, 2.24) is 15.1 Å². The van der Waals surface area contributed by atoms with E-state index in [0.717, 1.165) is 18.4 Å². The van der Waals surface area contributed by atoms with Gasteiger partial charge in [0.15, 0.2) is 0 Å². The van der Waals surface area contributed by atoms with Crippen molar-refractivity contribution < 1.29 is 33.8 Å². The molecule has 2 fully saturated rings. The first-order chi connectivity index (χ1) is 20.8. The van der Waals surface area contributed by atoms with Crippen LogP contribution in [0, 0.1) is 11.8 Å². The number of hydrogen-bond acceptors (Lipinski definition) is 7. The lowest BCUT2D eigenvalue weighted by molar-refractivity contribution is -0.152. The van der Waals surface area contributed by atoms with Crippen LogP contribution in [0.15, 0.2) is 54.6 Å². The lowest BCUT2D eigenvalue weighted by Crippen LogP contribution is -2.59. The monoisotopic (exact) mass is 593 g/mol. The number of ether oxygens (including phenoxy) is 2. The van der Waals surface area contributed by atoms with Gasteiger partial charge >= 0.3 is 5.97 Å². The first kappa shape index (κ1) is 30.9. The van der Waals surface area contributed by atoms with Gasteiger partial charge in [0.2, 0.25) is 17.7 Å². The summed E-state index contributed by atoms with van der Waals surface area (Å²) in [5, 5.41) is 13.4. The number of likely N-dealkylation sites (tertiary alicyclic amines) is 1. The van der Waals surface area contributed by atoms with Crippen LogP contribution in [0.1, 0.15) is 64.5 Å². The molecule has 10 nitrogen and oxygen atoms in total. The molecule has 2 N–H and O–H groups in total. The summed E-state index contributed by atoms with van der Waals surface area (Å²) in [5.41, 5.74) is -0.574. The summed E-state index contributed by atoms with van der Waals surface area (Å²) in [5.74, 6) is -3.27. The summed E-state index contributed by atoms with van der Waals surface area (Å²) < 4.78 is 12.1. The molecule has 0 saturated carbocycles. The number of carbonyl (C=O) groups is 4. The van der Waals surface area contributed by atoms with Crippen LogP contribution in [-0.4, -0.2) is 88.2 Å². The van der Waals surface area contributed by atoms with E-state index in [0.29, 0.717) is 12.8 Å². The maximum absolute atomic E-state index is 14.6.